The molecule has 0 aliphatic carbocycles. The molecule has 0 spiro atoms. The largest absolute Gasteiger partial charge is 0.313 e. The molecule has 0 amide bonds. The Morgan fingerprint density at radius 2 is 1.95 bits per heavy atom. The van der Waals surface area contributed by atoms with Crippen molar-refractivity contribution in [1.82, 2.24) is 10.2 Å². The first kappa shape index (κ1) is 16.5. The van der Waals surface area contributed by atoms with Crippen LogP contribution in [0.25, 0.3) is 0 Å². The van der Waals surface area contributed by atoms with E-state index in [1.54, 1.807) is 0 Å². The summed E-state index contributed by atoms with van der Waals surface area (Å²) in [6.45, 7) is 7.24. The zero-order valence-electron chi connectivity index (χ0n) is 14.0. The maximum atomic E-state index is 3.53. The molecule has 0 bridgehead atoms. The minimum absolute atomic E-state index is 0.451. The molecule has 3 unspecified atom stereocenters. The average Bonchev–Trinajstić information content (AvgIpc) is 2.74. The van der Waals surface area contributed by atoms with E-state index in [9.17, 15) is 0 Å². The fourth-order valence-electron chi connectivity index (χ4n) is 3.85. The Morgan fingerprint density at radius 1 is 1.19 bits per heavy atom. The highest BCUT2D eigenvalue weighted by Gasteiger charge is 2.25. The molecule has 2 nitrogen and oxygen atoms in total. The number of benzene rings is 1. The number of nitrogens with one attached hydrogen (secondary N) is 1. The Labute approximate surface area is 130 Å². The van der Waals surface area contributed by atoms with Crippen LogP contribution in [0.2, 0.25) is 0 Å². The minimum Gasteiger partial charge on any atom is -0.313 e. The van der Waals surface area contributed by atoms with E-state index in [0.29, 0.717) is 12.0 Å². The molecule has 0 saturated carbocycles. The molecule has 1 aromatic carbocycles. The maximum Gasteiger partial charge on any atom is 0.0355 e. The number of hydrogen-bond acceptors (Lipinski definition) is 2. The van der Waals surface area contributed by atoms with Gasteiger partial charge in [0.15, 0.2) is 0 Å². The second-order valence-corrected chi connectivity index (χ2v) is 6.56. The number of rotatable bonds is 6. The van der Waals surface area contributed by atoms with Gasteiger partial charge in [0, 0.05) is 18.6 Å². The summed E-state index contributed by atoms with van der Waals surface area (Å²) in [7, 11) is 2.09. The normalized spacial score (nSPS) is 23.5. The molecule has 1 heterocycles. The molecule has 3 atom stereocenters. The maximum absolute atomic E-state index is 3.53. The summed E-state index contributed by atoms with van der Waals surface area (Å²) < 4.78 is 0. The van der Waals surface area contributed by atoms with Crippen molar-refractivity contribution >= 4 is 0 Å². The van der Waals surface area contributed by atoms with Gasteiger partial charge in [-0.1, -0.05) is 57.0 Å². The van der Waals surface area contributed by atoms with Crippen molar-refractivity contribution in [1.29, 1.82) is 0 Å². The molecular weight excluding hydrogens is 256 g/mol. The molecule has 0 aromatic heterocycles. The molecule has 1 fully saturated rings. The van der Waals surface area contributed by atoms with E-state index < -0.39 is 0 Å². The lowest BCUT2D eigenvalue weighted by Crippen LogP contribution is -2.40. The van der Waals surface area contributed by atoms with E-state index in [1.807, 2.05) is 0 Å². The van der Waals surface area contributed by atoms with Gasteiger partial charge in [0.05, 0.1) is 0 Å². The van der Waals surface area contributed by atoms with E-state index in [4.69, 9.17) is 0 Å². The second-order valence-electron chi connectivity index (χ2n) is 6.56. The van der Waals surface area contributed by atoms with Crippen molar-refractivity contribution in [2.45, 2.75) is 58.0 Å². The smallest absolute Gasteiger partial charge is 0.0355 e. The molecule has 1 N–H and O–H groups in total. The summed E-state index contributed by atoms with van der Waals surface area (Å²) in [4.78, 5) is 2.75. The second kappa shape index (κ2) is 8.55. The molecule has 1 aliphatic rings. The molecule has 2 rings (SSSR count). The summed E-state index contributed by atoms with van der Waals surface area (Å²) in [6.07, 6.45) is 6.88. The summed E-state index contributed by atoms with van der Waals surface area (Å²) in [5.74, 6) is 0.629. The topological polar surface area (TPSA) is 15.3 Å². The molecule has 2 heteroatoms. The molecular formula is C19H32N2. The van der Waals surface area contributed by atoms with Gasteiger partial charge in [-0.2, -0.15) is 0 Å². The van der Waals surface area contributed by atoms with Gasteiger partial charge in [-0.3, -0.25) is 0 Å². The average molecular weight is 288 g/mol. The van der Waals surface area contributed by atoms with Crippen LogP contribution in [0, 0.1) is 5.92 Å². The van der Waals surface area contributed by atoms with Crippen LogP contribution in [0.1, 0.15) is 57.6 Å². The van der Waals surface area contributed by atoms with Crippen molar-refractivity contribution in [3.05, 3.63) is 35.9 Å². The lowest BCUT2D eigenvalue weighted by Gasteiger charge is -2.34. The van der Waals surface area contributed by atoms with E-state index >= 15 is 0 Å². The highest BCUT2D eigenvalue weighted by molar-refractivity contribution is 5.19. The minimum atomic E-state index is 0.451. The fourth-order valence-corrected chi connectivity index (χ4v) is 3.85. The Morgan fingerprint density at radius 3 is 2.62 bits per heavy atom. The zero-order valence-corrected chi connectivity index (χ0v) is 14.0. The summed E-state index contributed by atoms with van der Waals surface area (Å²) in [5.41, 5.74) is 1.41. The predicted octanol–water partition coefficient (Wildman–Crippen LogP) is 4.24. The monoisotopic (exact) mass is 288 g/mol. The van der Waals surface area contributed by atoms with Crippen molar-refractivity contribution in [2.24, 2.45) is 5.92 Å². The first-order valence-electron chi connectivity index (χ1n) is 8.72. The van der Waals surface area contributed by atoms with Gasteiger partial charge < -0.3 is 10.2 Å². The van der Waals surface area contributed by atoms with Gasteiger partial charge in [0.1, 0.15) is 0 Å². The molecule has 1 saturated heterocycles. The third-order valence-corrected chi connectivity index (χ3v) is 5.03. The van der Waals surface area contributed by atoms with Gasteiger partial charge in [-0.25, -0.2) is 0 Å². The Hall–Kier alpha value is -0.860. The van der Waals surface area contributed by atoms with Crippen LogP contribution in [-0.2, 0) is 0 Å². The number of hydrogen-bond donors (Lipinski definition) is 1. The van der Waals surface area contributed by atoms with Crippen LogP contribution in [0.4, 0.5) is 0 Å². The third-order valence-electron chi connectivity index (χ3n) is 5.03. The summed E-state index contributed by atoms with van der Waals surface area (Å²) in [6, 6.07) is 12.1. The highest BCUT2D eigenvalue weighted by atomic mass is 15.2. The zero-order chi connectivity index (χ0) is 15.1. The van der Waals surface area contributed by atoms with Crippen LogP contribution in [0.3, 0.4) is 0 Å². The lowest BCUT2D eigenvalue weighted by atomic mass is 9.93. The van der Waals surface area contributed by atoms with E-state index in [-0.39, 0.29) is 0 Å². The van der Waals surface area contributed by atoms with Crippen molar-refractivity contribution in [3.63, 3.8) is 0 Å². The molecule has 118 valence electrons. The van der Waals surface area contributed by atoms with Crippen molar-refractivity contribution < 1.29 is 0 Å². The molecule has 1 aromatic rings. The van der Waals surface area contributed by atoms with Crippen molar-refractivity contribution in [3.8, 4) is 0 Å². The lowest BCUT2D eigenvalue weighted by molar-refractivity contribution is 0.155. The first-order valence-corrected chi connectivity index (χ1v) is 8.72. The number of likely N-dealkylation sites (tertiary alicyclic amines) is 1. The Bertz CT molecular complexity index is 390. The standard InChI is InChI=1S/C19H32N2/c1-4-18-13-9-6-10-14-21(18)15-16(2)19(20-3)17-11-7-5-8-12-17/h5,7-8,11-12,16,18-20H,4,6,9-10,13-15H2,1-3H3. The van der Waals surface area contributed by atoms with Crippen LogP contribution < -0.4 is 5.32 Å². The Balaban J connectivity index is 2.02. The van der Waals surface area contributed by atoms with Crippen molar-refractivity contribution in [2.75, 3.05) is 20.1 Å². The first-order chi connectivity index (χ1) is 10.3. The highest BCUT2D eigenvalue weighted by Crippen LogP contribution is 2.26. The summed E-state index contributed by atoms with van der Waals surface area (Å²) >= 11 is 0. The molecule has 0 radical (unpaired) electrons. The van der Waals surface area contributed by atoms with E-state index in [1.165, 1.54) is 50.8 Å². The molecule has 1 aliphatic heterocycles. The van der Waals surface area contributed by atoms with Gasteiger partial charge in [0.2, 0.25) is 0 Å². The predicted molar refractivity (Wildman–Crippen MR) is 91.5 cm³/mol. The quantitative estimate of drug-likeness (QED) is 0.842. The van der Waals surface area contributed by atoms with Gasteiger partial charge in [-0.05, 0) is 44.3 Å². The number of nitrogens with zero attached hydrogens (tertiary/aromatic N) is 1. The van der Waals surface area contributed by atoms with E-state index in [0.717, 1.165) is 6.04 Å². The van der Waals surface area contributed by atoms with Crippen LogP contribution in [0.5, 0.6) is 0 Å². The Kier molecular flexibility index (Phi) is 6.72. The fraction of sp³-hybridized carbons (Fsp3) is 0.684. The van der Waals surface area contributed by atoms with Gasteiger partial charge in [0.25, 0.3) is 0 Å². The third kappa shape index (κ3) is 4.55. The van der Waals surface area contributed by atoms with E-state index in [2.05, 4.69) is 61.4 Å². The van der Waals surface area contributed by atoms with Crippen LogP contribution >= 0.6 is 0 Å². The van der Waals surface area contributed by atoms with Crippen LogP contribution in [-0.4, -0.2) is 31.1 Å². The van der Waals surface area contributed by atoms with Gasteiger partial charge in [-0.15, -0.1) is 0 Å². The van der Waals surface area contributed by atoms with Crippen LogP contribution in [0.15, 0.2) is 30.3 Å². The molecule has 21 heavy (non-hydrogen) atoms. The SMILES string of the molecule is CCC1CCCCCN1CC(C)C(NC)c1ccccc1. The van der Waals surface area contributed by atoms with Gasteiger partial charge >= 0.3 is 0 Å². The summed E-state index contributed by atoms with van der Waals surface area (Å²) in [5, 5.41) is 3.53.